The van der Waals surface area contributed by atoms with E-state index in [4.69, 9.17) is 23.7 Å². The second-order valence-electron chi connectivity index (χ2n) is 11.6. The molecule has 41 heavy (non-hydrogen) atoms. The third-order valence-electron chi connectivity index (χ3n) is 7.59. The van der Waals surface area contributed by atoms with Gasteiger partial charge >= 0.3 is 5.97 Å². The summed E-state index contributed by atoms with van der Waals surface area (Å²) in [6.45, 7) is 12.2. The van der Waals surface area contributed by atoms with E-state index in [1.54, 1.807) is 0 Å². The van der Waals surface area contributed by atoms with Crippen molar-refractivity contribution in [3.63, 3.8) is 0 Å². The van der Waals surface area contributed by atoms with Gasteiger partial charge in [0.1, 0.15) is 0 Å². The number of unbranched alkanes of at least 4 members (excludes halogenated alkanes) is 14. The van der Waals surface area contributed by atoms with Crippen LogP contribution in [0.25, 0.3) is 0 Å². The maximum Gasteiger partial charge on any atom is 0.305 e. The number of carbonyl (C=O) groups is 1. The van der Waals surface area contributed by atoms with E-state index in [2.05, 4.69) is 20.8 Å². The fourth-order valence-corrected chi connectivity index (χ4v) is 4.91. The van der Waals surface area contributed by atoms with Gasteiger partial charge < -0.3 is 23.7 Å². The Balaban J connectivity index is 3.55. The van der Waals surface area contributed by atoms with E-state index in [9.17, 15) is 4.79 Å². The van der Waals surface area contributed by atoms with Gasteiger partial charge in [0, 0.05) is 19.6 Å². The molecule has 1 unspecified atom stereocenters. The lowest BCUT2D eigenvalue weighted by atomic mass is 9.95. The van der Waals surface area contributed by atoms with Crippen LogP contribution in [0.1, 0.15) is 156 Å². The van der Waals surface area contributed by atoms with E-state index < -0.39 is 0 Å². The molecular weight excluding hydrogens is 516 g/mol. The molecule has 0 bridgehead atoms. The zero-order valence-electron chi connectivity index (χ0n) is 27.7. The molecule has 0 aromatic rings. The molecule has 6 nitrogen and oxygen atoms in total. The minimum atomic E-state index is -0.0881. The monoisotopic (exact) mass is 587 g/mol. The highest BCUT2D eigenvalue weighted by molar-refractivity contribution is 5.69. The molecular formula is C35H70O6. The number of hydrogen-bond acceptors (Lipinski definition) is 6. The molecule has 246 valence electrons. The van der Waals surface area contributed by atoms with Crippen LogP contribution in [0.4, 0.5) is 0 Å². The van der Waals surface area contributed by atoms with Crippen molar-refractivity contribution < 1.29 is 28.5 Å². The van der Waals surface area contributed by atoms with Gasteiger partial charge in [0.2, 0.25) is 0 Å². The molecule has 0 aromatic carbocycles. The van der Waals surface area contributed by atoms with Crippen molar-refractivity contribution in [2.24, 2.45) is 5.92 Å². The van der Waals surface area contributed by atoms with Crippen molar-refractivity contribution in [1.29, 1.82) is 0 Å². The molecule has 0 aliphatic heterocycles. The summed E-state index contributed by atoms with van der Waals surface area (Å²) in [5.74, 6) is 0.427. The van der Waals surface area contributed by atoms with Crippen LogP contribution in [-0.4, -0.2) is 65.4 Å². The minimum absolute atomic E-state index is 0.0881. The Morgan fingerprint density at radius 3 is 1.29 bits per heavy atom. The summed E-state index contributed by atoms with van der Waals surface area (Å²) in [6, 6.07) is 0. The van der Waals surface area contributed by atoms with Gasteiger partial charge in [-0.15, -0.1) is 0 Å². The fraction of sp³-hybridized carbons (Fsp3) is 0.971. The van der Waals surface area contributed by atoms with Gasteiger partial charge in [-0.3, -0.25) is 4.79 Å². The highest BCUT2D eigenvalue weighted by Crippen LogP contribution is 2.19. The predicted molar refractivity (Wildman–Crippen MR) is 172 cm³/mol. The topological polar surface area (TPSA) is 63.2 Å². The molecule has 0 saturated heterocycles. The first-order valence-electron chi connectivity index (χ1n) is 17.7. The first-order valence-corrected chi connectivity index (χ1v) is 17.7. The van der Waals surface area contributed by atoms with Crippen LogP contribution < -0.4 is 0 Å². The minimum Gasteiger partial charge on any atom is -0.465 e. The number of hydrogen-bond donors (Lipinski definition) is 0. The average Bonchev–Trinajstić information content (AvgIpc) is 2.98. The third kappa shape index (κ3) is 33.7. The third-order valence-corrected chi connectivity index (χ3v) is 7.59. The zero-order valence-corrected chi connectivity index (χ0v) is 27.7. The van der Waals surface area contributed by atoms with E-state index in [0.717, 1.165) is 13.0 Å². The van der Waals surface area contributed by atoms with Gasteiger partial charge in [0.25, 0.3) is 0 Å². The van der Waals surface area contributed by atoms with Crippen molar-refractivity contribution in [1.82, 2.24) is 0 Å². The fourth-order valence-electron chi connectivity index (χ4n) is 4.91. The average molecular weight is 587 g/mol. The maximum atomic E-state index is 12.2. The number of rotatable bonds is 35. The number of ether oxygens (including phenoxy) is 5. The standard InChI is InChI=1S/C35H70O6/c1-4-7-10-13-15-17-20-25-37-27-29-39-31-32-40-30-28-38-26-21-24-35(36)41-33-34(22-18-12-9-6-3)23-19-16-14-11-8-5-2/h34H,4-33H2,1-3H3. The van der Waals surface area contributed by atoms with Crippen molar-refractivity contribution >= 4 is 5.97 Å². The van der Waals surface area contributed by atoms with Crippen LogP contribution in [-0.2, 0) is 28.5 Å². The van der Waals surface area contributed by atoms with Crippen molar-refractivity contribution in [2.75, 3.05) is 59.5 Å². The van der Waals surface area contributed by atoms with E-state index in [-0.39, 0.29) is 5.97 Å². The first-order chi connectivity index (χ1) is 20.2. The summed E-state index contributed by atoms with van der Waals surface area (Å²) in [5.41, 5.74) is 0. The van der Waals surface area contributed by atoms with Crippen LogP contribution >= 0.6 is 0 Å². The largest absolute Gasteiger partial charge is 0.465 e. The van der Waals surface area contributed by atoms with Crippen LogP contribution in [0, 0.1) is 5.92 Å². The highest BCUT2D eigenvalue weighted by atomic mass is 16.6. The first kappa shape index (κ1) is 40.3. The molecule has 1 atom stereocenters. The Morgan fingerprint density at radius 1 is 0.439 bits per heavy atom. The summed E-state index contributed by atoms with van der Waals surface area (Å²) in [7, 11) is 0. The molecule has 0 fully saturated rings. The lowest BCUT2D eigenvalue weighted by Gasteiger charge is -2.17. The maximum absolute atomic E-state index is 12.2. The summed E-state index contributed by atoms with van der Waals surface area (Å²) in [4.78, 5) is 12.2. The molecule has 0 aromatic heterocycles. The second-order valence-corrected chi connectivity index (χ2v) is 11.6. The molecule has 0 saturated carbocycles. The summed E-state index contributed by atoms with van der Waals surface area (Å²) in [6.07, 6.45) is 25.6. The normalized spacial score (nSPS) is 12.2. The van der Waals surface area contributed by atoms with Crippen molar-refractivity contribution in [3.8, 4) is 0 Å². The quantitative estimate of drug-likeness (QED) is 0.0544. The van der Waals surface area contributed by atoms with Crippen LogP contribution in [0.2, 0.25) is 0 Å². The molecule has 0 rings (SSSR count). The zero-order chi connectivity index (χ0) is 29.9. The number of carbonyl (C=O) groups excluding carboxylic acids is 1. The molecule has 0 amide bonds. The summed E-state index contributed by atoms with van der Waals surface area (Å²) >= 11 is 0. The molecule has 0 spiro atoms. The van der Waals surface area contributed by atoms with Crippen LogP contribution in [0.15, 0.2) is 0 Å². The van der Waals surface area contributed by atoms with Gasteiger partial charge in [-0.05, 0) is 31.6 Å². The van der Waals surface area contributed by atoms with E-state index in [0.29, 0.717) is 71.6 Å². The Kier molecular flexibility index (Phi) is 34.9. The second kappa shape index (κ2) is 35.5. The van der Waals surface area contributed by atoms with Crippen molar-refractivity contribution in [2.45, 2.75) is 156 Å². The molecule has 0 aliphatic carbocycles. The summed E-state index contributed by atoms with van der Waals surface area (Å²) in [5, 5.41) is 0. The van der Waals surface area contributed by atoms with Gasteiger partial charge in [0.05, 0.1) is 46.2 Å². The Bertz CT molecular complexity index is 501. The number of esters is 1. The van der Waals surface area contributed by atoms with E-state index in [1.807, 2.05) is 0 Å². The highest BCUT2D eigenvalue weighted by Gasteiger charge is 2.12. The lowest BCUT2D eigenvalue weighted by Crippen LogP contribution is -2.15. The molecule has 0 aliphatic rings. The smallest absolute Gasteiger partial charge is 0.305 e. The van der Waals surface area contributed by atoms with Gasteiger partial charge in [-0.1, -0.05) is 124 Å². The molecule has 0 heterocycles. The molecule has 0 N–H and O–H groups in total. The molecule has 6 heteroatoms. The van der Waals surface area contributed by atoms with Crippen LogP contribution in [0.5, 0.6) is 0 Å². The summed E-state index contributed by atoms with van der Waals surface area (Å²) < 4.78 is 28.0. The molecule has 0 radical (unpaired) electrons. The van der Waals surface area contributed by atoms with Gasteiger partial charge in [0.15, 0.2) is 0 Å². The van der Waals surface area contributed by atoms with Crippen LogP contribution in [0.3, 0.4) is 0 Å². The lowest BCUT2D eigenvalue weighted by molar-refractivity contribution is -0.145. The van der Waals surface area contributed by atoms with E-state index in [1.165, 1.54) is 116 Å². The Morgan fingerprint density at radius 2 is 0.805 bits per heavy atom. The predicted octanol–water partition coefficient (Wildman–Crippen LogP) is 9.46. The van der Waals surface area contributed by atoms with Gasteiger partial charge in [-0.2, -0.15) is 0 Å². The van der Waals surface area contributed by atoms with Gasteiger partial charge in [-0.25, -0.2) is 0 Å². The van der Waals surface area contributed by atoms with Crippen molar-refractivity contribution in [3.05, 3.63) is 0 Å². The SMILES string of the molecule is CCCCCCCCCOCCOCCOCCOCCCC(=O)OCC(CCCCCC)CCCCCCCC. The van der Waals surface area contributed by atoms with E-state index >= 15 is 0 Å². The Labute approximate surface area is 255 Å². The Hall–Kier alpha value is -0.690.